The van der Waals surface area contributed by atoms with E-state index in [1.807, 2.05) is 22.7 Å². The fourth-order valence-electron chi connectivity index (χ4n) is 10.7. The molecule has 0 aliphatic heterocycles. The van der Waals surface area contributed by atoms with E-state index in [0.29, 0.717) is 5.95 Å². The molecule has 0 fully saturated rings. The van der Waals surface area contributed by atoms with Crippen LogP contribution in [0.1, 0.15) is 22.3 Å². The zero-order valence-electron chi connectivity index (χ0n) is 33.7. The zero-order valence-corrected chi connectivity index (χ0v) is 35.4. The third kappa shape index (κ3) is 4.79. The standard InChI is InChI=1S/C57H34N4S2/c1-2-16-36(17-3-1)60-47-26-12-14-28-51(47)62-54-49(60)32-33-50-55(54)63-52-29-15-13-27-48(52)61(50)56-58-46-25-11-7-21-40(46)53(59-56)35-30-31-45-41(34-35)39-20-6-10-24-44(39)57(45)42-22-8-4-18-37(42)38-19-5-9-23-43(38)57/h1-34H. The van der Waals surface area contributed by atoms with E-state index in [2.05, 4.69) is 215 Å². The molecule has 0 saturated heterocycles. The molecular weight excluding hydrogens is 805 g/mol. The summed E-state index contributed by atoms with van der Waals surface area (Å²) in [4.78, 5) is 11.0. The van der Waals surface area contributed by atoms with Gasteiger partial charge in [-0.05, 0) is 105 Å². The van der Waals surface area contributed by atoms with Crippen LogP contribution in [0.5, 0.6) is 0 Å². The van der Waals surface area contributed by atoms with Crippen LogP contribution in [-0.2, 0) is 5.41 Å². The Balaban J connectivity index is 1.04. The van der Waals surface area contributed by atoms with Crippen molar-refractivity contribution in [3.8, 4) is 45.1 Å². The average molecular weight is 839 g/mol. The molecule has 0 unspecified atom stereocenters. The van der Waals surface area contributed by atoms with Gasteiger partial charge in [-0.2, -0.15) is 0 Å². The first-order valence-corrected chi connectivity index (χ1v) is 23.0. The molecule has 0 amide bonds. The fourth-order valence-corrected chi connectivity index (χ4v) is 13.2. The minimum absolute atomic E-state index is 0.400. The van der Waals surface area contributed by atoms with Crippen molar-refractivity contribution in [1.29, 1.82) is 0 Å². The highest BCUT2D eigenvalue weighted by Gasteiger charge is 2.51. The molecule has 0 atom stereocenters. The molecular formula is C57H34N4S2. The van der Waals surface area contributed by atoms with Gasteiger partial charge < -0.3 is 4.57 Å². The lowest BCUT2D eigenvalue weighted by Crippen LogP contribution is -2.25. The van der Waals surface area contributed by atoms with Gasteiger partial charge in [-0.3, -0.25) is 4.57 Å². The molecule has 0 bridgehead atoms. The van der Waals surface area contributed by atoms with Crippen molar-refractivity contribution in [3.63, 3.8) is 0 Å². The monoisotopic (exact) mass is 838 g/mol. The Kier molecular flexibility index (Phi) is 7.32. The molecule has 63 heavy (non-hydrogen) atoms. The van der Waals surface area contributed by atoms with Crippen LogP contribution < -0.4 is 0 Å². The van der Waals surface area contributed by atoms with E-state index in [4.69, 9.17) is 9.97 Å². The van der Waals surface area contributed by atoms with Gasteiger partial charge in [-0.15, -0.1) is 22.7 Å². The topological polar surface area (TPSA) is 35.6 Å². The maximum Gasteiger partial charge on any atom is 0.235 e. The largest absolute Gasteiger partial charge is 0.308 e. The van der Waals surface area contributed by atoms with Crippen LogP contribution in [0.3, 0.4) is 0 Å². The second kappa shape index (κ2) is 13.2. The molecule has 1 spiro atoms. The maximum absolute atomic E-state index is 5.63. The van der Waals surface area contributed by atoms with Gasteiger partial charge in [0, 0.05) is 16.6 Å². The summed E-state index contributed by atoms with van der Waals surface area (Å²) in [5.74, 6) is 0.648. The van der Waals surface area contributed by atoms with Crippen molar-refractivity contribution in [2.24, 2.45) is 0 Å². The van der Waals surface area contributed by atoms with Crippen molar-refractivity contribution < 1.29 is 0 Å². The molecule has 9 aromatic carbocycles. The van der Waals surface area contributed by atoms with E-state index in [0.717, 1.165) is 38.9 Å². The van der Waals surface area contributed by atoms with Crippen molar-refractivity contribution in [2.45, 2.75) is 5.41 Å². The van der Waals surface area contributed by atoms with E-state index in [9.17, 15) is 0 Å². The third-order valence-electron chi connectivity index (χ3n) is 13.3. The van der Waals surface area contributed by atoms with Crippen molar-refractivity contribution in [2.75, 3.05) is 0 Å². The molecule has 0 radical (unpaired) electrons. The van der Waals surface area contributed by atoms with Gasteiger partial charge >= 0.3 is 0 Å². The molecule has 3 heterocycles. The molecule has 294 valence electrons. The molecule has 2 aliphatic carbocycles. The summed E-state index contributed by atoms with van der Waals surface area (Å²) in [6, 6.07) is 75.1. The summed E-state index contributed by atoms with van der Waals surface area (Å²) in [5.41, 5.74) is 18.6. The average Bonchev–Trinajstić information content (AvgIpc) is 3.82. The first-order valence-electron chi connectivity index (χ1n) is 21.3. The van der Waals surface area contributed by atoms with Gasteiger partial charge in [-0.1, -0.05) is 146 Å². The second-order valence-corrected chi connectivity index (χ2v) is 18.5. The SMILES string of the molecule is c1ccc(-n2c3ccccc3sc3c4sc5ccccc5n(-c5nc(-c6ccc7c(c6)-c6ccccc6C76c7ccccc7-c7ccccc76)c6ccccc6n5)c4ccc32)cc1. The number of hydrogen-bond donors (Lipinski definition) is 0. The van der Waals surface area contributed by atoms with Crippen molar-refractivity contribution in [1.82, 2.24) is 19.1 Å². The molecule has 6 heteroatoms. The Morgan fingerprint density at radius 2 is 0.889 bits per heavy atom. The first kappa shape index (κ1) is 35.0. The molecule has 14 rings (SSSR count). The zero-order chi connectivity index (χ0) is 41.2. The minimum Gasteiger partial charge on any atom is -0.308 e. The Labute approximate surface area is 370 Å². The van der Waals surface area contributed by atoms with Gasteiger partial charge in [0.25, 0.3) is 0 Å². The lowest BCUT2D eigenvalue weighted by Gasteiger charge is -2.30. The van der Waals surface area contributed by atoms with Gasteiger partial charge in [0.15, 0.2) is 0 Å². The first-order chi connectivity index (χ1) is 31.3. The van der Waals surface area contributed by atoms with Gasteiger partial charge in [-0.25, -0.2) is 9.97 Å². The number of fused-ring (bicyclic) bond motifs is 16. The third-order valence-corrected chi connectivity index (χ3v) is 15.8. The summed E-state index contributed by atoms with van der Waals surface area (Å²) in [6.45, 7) is 0. The van der Waals surface area contributed by atoms with Gasteiger partial charge in [0.05, 0.1) is 57.5 Å². The summed E-state index contributed by atoms with van der Waals surface area (Å²) in [7, 11) is 0. The summed E-state index contributed by atoms with van der Waals surface area (Å²) >= 11 is 3.68. The summed E-state index contributed by atoms with van der Waals surface area (Å²) in [5, 5.41) is 1.02. The van der Waals surface area contributed by atoms with Crippen molar-refractivity contribution in [3.05, 3.63) is 229 Å². The van der Waals surface area contributed by atoms with Gasteiger partial charge in [0.2, 0.25) is 5.95 Å². The Bertz CT molecular complexity index is 3890. The van der Waals surface area contributed by atoms with E-state index >= 15 is 0 Å². The quantitative estimate of drug-likeness (QED) is 0.131. The number of para-hydroxylation sites is 4. The number of rotatable bonds is 3. The number of aromatic nitrogens is 4. The smallest absolute Gasteiger partial charge is 0.235 e. The maximum atomic E-state index is 5.63. The van der Waals surface area contributed by atoms with Crippen LogP contribution in [0, 0.1) is 0 Å². The number of benzene rings is 9. The van der Waals surface area contributed by atoms with Crippen LogP contribution >= 0.6 is 22.7 Å². The van der Waals surface area contributed by atoms with E-state index in [1.165, 1.54) is 74.3 Å². The highest BCUT2D eigenvalue weighted by atomic mass is 32.1. The predicted molar refractivity (Wildman–Crippen MR) is 263 cm³/mol. The molecule has 0 saturated carbocycles. The molecule has 0 N–H and O–H groups in total. The highest BCUT2D eigenvalue weighted by molar-refractivity contribution is 7.32. The molecule has 12 aromatic rings. The van der Waals surface area contributed by atoms with Crippen LogP contribution in [0.2, 0.25) is 0 Å². The van der Waals surface area contributed by atoms with Crippen LogP contribution in [-0.4, -0.2) is 19.1 Å². The van der Waals surface area contributed by atoms with E-state index in [-0.39, 0.29) is 0 Å². The van der Waals surface area contributed by atoms with Crippen LogP contribution in [0.15, 0.2) is 206 Å². The molecule has 2 aliphatic rings. The molecule has 3 aromatic heterocycles. The van der Waals surface area contributed by atoms with Gasteiger partial charge in [0.1, 0.15) is 0 Å². The Hall–Kier alpha value is -7.64. The van der Waals surface area contributed by atoms with Crippen LogP contribution in [0.4, 0.5) is 0 Å². The minimum atomic E-state index is -0.400. The lowest BCUT2D eigenvalue weighted by atomic mass is 9.70. The number of hydrogen-bond acceptors (Lipinski definition) is 4. The Morgan fingerprint density at radius 1 is 0.381 bits per heavy atom. The van der Waals surface area contributed by atoms with Crippen LogP contribution in [0.25, 0.3) is 96.9 Å². The fraction of sp³-hybridized carbons (Fsp3) is 0.0175. The summed E-state index contributed by atoms with van der Waals surface area (Å²) in [6.07, 6.45) is 0. The van der Waals surface area contributed by atoms with E-state index < -0.39 is 5.41 Å². The van der Waals surface area contributed by atoms with Crippen molar-refractivity contribution >= 4 is 74.4 Å². The molecule has 4 nitrogen and oxygen atoms in total. The second-order valence-electron chi connectivity index (χ2n) is 16.4. The number of nitrogens with zero attached hydrogens (tertiary/aromatic N) is 4. The highest BCUT2D eigenvalue weighted by Crippen LogP contribution is 2.63. The van der Waals surface area contributed by atoms with E-state index in [1.54, 1.807) is 0 Å². The lowest BCUT2D eigenvalue weighted by molar-refractivity contribution is 0.794. The predicted octanol–water partition coefficient (Wildman–Crippen LogP) is 15.1. The summed E-state index contributed by atoms with van der Waals surface area (Å²) < 4.78 is 9.50. The Morgan fingerprint density at radius 3 is 1.56 bits per heavy atom. The normalized spacial score (nSPS) is 13.2.